The van der Waals surface area contributed by atoms with Crippen LogP contribution in [0.2, 0.25) is 5.02 Å². The van der Waals surface area contributed by atoms with Crippen molar-refractivity contribution in [3.05, 3.63) is 62.0 Å². The Balaban J connectivity index is 2.11. The molecule has 1 unspecified atom stereocenters. The van der Waals surface area contributed by atoms with E-state index in [2.05, 4.69) is 42.3 Å². The second-order valence-electron chi connectivity index (χ2n) is 4.43. The standard InChI is InChI=1S/C14H10Br2ClN3O/c15-8-5-9(16)12(19-6-8)13(20-18)11-4-7-2-1-3-10(17)14(7)21-11/h1-6,13,20H,18H2. The first kappa shape index (κ1) is 15.0. The molecule has 0 aliphatic rings. The van der Waals surface area contributed by atoms with Crippen LogP contribution in [0.1, 0.15) is 17.5 Å². The molecule has 3 rings (SSSR count). The number of fused-ring (bicyclic) bond motifs is 1. The number of furan rings is 1. The van der Waals surface area contributed by atoms with Crippen LogP contribution in [-0.4, -0.2) is 4.98 Å². The van der Waals surface area contributed by atoms with Gasteiger partial charge in [-0.1, -0.05) is 23.7 Å². The van der Waals surface area contributed by atoms with E-state index in [-0.39, 0.29) is 6.04 Å². The van der Waals surface area contributed by atoms with E-state index in [1.54, 1.807) is 12.3 Å². The molecular formula is C14H10Br2ClN3O. The van der Waals surface area contributed by atoms with Gasteiger partial charge in [-0.15, -0.1) is 0 Å². The van der Waals surface area contributed by atoms with Gasteiger partial charge in [0.1, 0.15) is 11.8 Å². The molecule has 2 heterocycles. The third kappa shape index (κ3) is 2.86. The predicted octanol–water partition coefficient (Wildman–Crippen LogP) is 4.56. The average Bonchev–Trinajstić information content (AvgIpc) is 2.87. The summed E-state index contributed by atoms with van der Waals surface area (Å²) < 4.78 is 7.55. The molecule has 0 fully saturated rings. The van der Waals surface area contributed by atoms with Crippen LogP contribution in [0.4, 0.5) is 0 Å². The van der Waals surface area contributed by atoms with Gasteiger partial charge in [0.25, 0.3) is 0 Å². The Morgan fingerprint density at radius 3 is 2.76 bits per heavy atom. The number of rotatable bonds is 3. The van der Waals surface area contributed by atoms with Crippen molar-refractivity contribution in [2.75, 3.05) is 0 Å². The van der Waals surface area contributed by atoms with Crippen LogP contribution in [0, 0.1) is 0 Å². The number of nitrogens with two attached hydrogens (primary N) is 1. The lowest BCUT2D eigenvalue weighted by molar-refractivity contribution is 0.470. The lowest BCUT2D eigenvalue weighted by Crippen LogP contribution is -2.29. The maximum Gasteiger partial charge on any atom is 0.152 e. The average molecular weight is 432 g/mol. The summed E-state index contributed by atoms with van der Waals surface area (Å²) >= 11 is 13.0. The molecule has 3 aromatic rings. The van der Waals surface area contributed by atoms with Crippen LogP contribution in [0.15, 0.2) is 49.9 Å². The highest BCUT2D eigenvalue weighted by molar-refractivity contribution is 9.11. The summed E-state index contributed by atoms with van der Waals surface area (Å²) in [6.45, 7) is 0. The van der Waals surface area contributed by atoms with Crippen molar-refractivity contribution < 1.29 is 4.42 Å². The number of nitrogens with one attached hydrogen (secondary N) is 1. The number of halogens is 3. The Bertz CT molecular complexity index is 806. The quantitative estimate of drug-likeness (QED) is 0.471. The molecule has 7 heteroatoms. The molecule has 4 nitrogen and oxygen atoms in total. The summed E-state index contributed by atoms with van der Waals surface area (Å²) in [7, 11) is 0. The van der Waals surface area contributed by atoms with Crippen molar-refractivity contribution >= 4 is 54.4 Å². The number of nitrogens with zero attached hydrogens (tertiary/aromatic N) is 1. The van der Waals surface area contributed by atoms with Gasteiger partial charge in [0.05, 0.1) is 10.7 Å². The van der Waals surface area contributed by atoms with Gasteiger partial charge >= 0.3 is 0 Å². The zero-order valence-corrected chi connectivity index (χ0v) is 14.5. The molecule has 108 valence electrons. The molecule has 1 aromatic carbocycles. The monoisotopic (exact) mass is 429 g/mol. The minimum absolute atomic E-state index is 0.379. The summed E-state index contributed by atoms with van der Waals surface area (Å²) in [5.74, 6) is 6.34. The molecule has 21 heavy (non-hydrogen) atoms. The number of pyridine rings is 1. The maximum atomic E-state index is 6.14. The van der Waals surface area contributed by atoms with Crippen molar-refractivity contribution in [2.24, 2.45) is 5.84 Å². The van der Waals surface area contributed by atoms with Crippen LogP contribution < -0.4 is 11.3 Å². The zero-order chi connectivity index (χ0) is 15.0. The Morgan fingerprint density at radius 2 is 2.10 bits per heavy atom. The van der Waals surface area contributed by atoms with E-state index >= 15 is 0 Å². The number of hydrogen-bond donors (Lipinski definition) is 2. The molecule has 0 aliphatic carbocycles. The Kier molecular flexibility index (Phi) is 4.33. The number of aromatic nitrogens is 1. The van der Waals surface area contributed by atoms with Crippen LogP contribution in [0.3, 0.4) is 0 Å². The summed E-state index contributed by atoms with van der Waals surface area (Å²) in [6.07, 6.45) is 1.71. The van der Waals surface area contributed by atoms with Gasteiger partial charge in [-0.05, 0) is 50.1 Å². The first-order chi connectivity index (χ1) is 10.1. The first-order valence-electron chi connectivity index (χ1n) is 6.05. The molecule has 1 atom stereocenters. The Hall–Kier alpha value is -0.920. The first-order valence-corrected chi connectivity index (χ1v) is 8.01. The van der Waals surface area contributed by atoms with Gasteiger partial charge in [-0.3, -0.25) is 10.8 Å². The Morgan fingerprint density at radius 1 is 1.29 bits per heavy atom. The molecular weight excluding hydrogens is 421 g/mol. The van der Waals surface area contributed by atoms with E-state index in [0.717, 1.165) is 20.0 Å². The third-order valence-electron chi connectivity index (χ3n) is 3.08. The van der Waals surface area contributed by atoms with E-state index in [0.29, 0.717) is 16.4 Å². The van der Waals surface area contributed by atoms with Gasteiger partial charge in [-0.25, -0.2) is 5.43 Å². The van der Waals surface area contributed by atoms with Gasteiger partial charge < -0.3 is 4.42 Å². The van der Waals surface area contributed by atoms with Gasteiger partial charge in [0, 0.05) is 20.5 Å². The molecule has 3 N–H and O–H groups in total. The molecule has 0 aliphatic heterocycles. The van der Waals surface area contributed by atoms with E-state index < -0.39 is 0 Å². The lowest BCUT2D eigenvalue weighted by Gasteiger charge is -2.14. The van der Waals surface area contributed by atoms with Crippen molar-refractivity contribution in [1.29, 1.82) is 0 Å². The van der Waals surface area contributed by atoms with Gasteiger partial charge in [0.2, 0.25) is 0 Å². The maximum absolute atomic E-state index is 6.14. The number of hydrazine groups is 1. The second-order valence-corrected chi connectivity index (χ2v) is 6.60. The SMILES string of the molecule is NNC(c1cc2cccc(Cl)c2o1)c1ncc(Br)cc1Br. The van der Waals surface area contributed by atoms with E-state index in [9.17, 15) is 0 Å². The number of benzene rings is 1. The highest BCUT2D eigenvalue weighted by Crippen LogP contribution is 2.33. The van der Waals surface area contributed by atoms with Gasteiger partial charge in [-0.2, -0.15) is 0 Å². The predicted molar refractivity (Wildman–Crippen MR) is 90.0 cm³/mol. The van der Waals surface area contributed by atoms with E-state index in [1.165, 1.54) is 0 Å². The van der Waals surface area contributed by atoms with Crippen LogP contribution >= 0.6 is 43.5 Å². The number of para-hydroxylation sites is 1. The fraction of sp³-hybridized carbons (Fsp3) is 0.0714. The summed E-state index contributed by atoms with van der Waals surface area (Å²) in [4.78, 5) is 4.39. The van der Waals surface area contributed by atoms with E-state index in [4.69, 9.17) is 21.9 Å². The van der Waals surface area contributed by atoms with Crippen molar-refractivity contribution in [1.82, 2.24) is 10.4 Å². The minimum atomic E-state index is -0.379. The van der Waals surface area contributed by atoms with Crippen LogP contribution in [0.25, 0.3) is 11.0 Å². The fourth-order valence-corrected chi connectivity index (χ4v) is 3.56. The van der Waals surface area contributed by atoms with Crippen molar-refractivity contribution in [3.63, 3.8) is 0 Å². The molecule has 0 bridgehead atoms. The zero-order valence-electron chi connectivity index (χ0n) is 10.6. The van der Waals surface area contributed by atoms with Crippen molar-refractivity contribution in [3.8, 4) is 0 Å². The molecule has 2 aromatic heterocycles. The highest BCUT2D eigenvalue weighted by atomic mass is 79.9. The topological polar surface area (TPSA) is 64.1 Å². The molecule has 0 saturated carbocycles. The smallest absolute Gasteiger partial charge is 0.152 e. The fourth-order valence-electron chi connectivity index (χ4n) is 2.12. The van der Waals surface area contributed by atoms with Gasteiger partial charge in [0.15, 0.2) is 5.58 Å². The molecule has 0 amide bonds. The Labute approximate surface area is 142 Å². The normalized spacial score (nSPS) is 12.8. The van der Waals surface area contributed by atoms with E-state index in [1.807, 2.05) is 24.3 Å². The summed E-state index contributed by atoms with van der Waals surface area (Å²) in [6, 6.07) is 9.03. The van der Waals surface area contributed by atoms with Crippen LogP contribution in [0.5, 0.6) is 0 Å². The minimum Gasteiger partial charge on any atom is -0.457 e. The highest BCUT2D eigenvalue weighted by Gasteiger charge is 2.21. The van der Waals surface area contributed by atoms with Crippen LogP contribution in [-0.2, 0) is 0 Å². The second kappa shape index (κ2) is 6.06. The largest absolute Gasteiger partial charge is 0.457 e. The summed E-state index contributed by atoms with van der Waals surface area (Å²) in [5, 5.41) is 1.49. The summed E-state index contributed by atoms with van der Waals surface area (Å²) in [5.41, 5.74) is 4.10. The molecule has 0 radical (unpaired) electrons. The number of hydrogen-bond acceptors (Lipinski definition) is 4. The van der Waals surface area contributed by atoms with Crippen molar-refractivity contribution in [2.45, 2.75) is 6.04 Å². The third-order valence-corrected chi connectivity index (χ3v) is 4.44. The molecule has 0 saturated heterocycles. The lowest BCUT2D eigenvalue weighted by atomic mass is 10.1. The molecule has 0 spiro atoms.